The number of hydrogen-bond donors (Lipinski definition) is 1. The minimum absolute atomic E-state index is 0.0746. The predicted molar refractivity (Wildman–Crippen MR) is 88.9 cm³/mol. The Kier molecular flexibility index (Phi) is 4.49. The fourth-order valence-corrected chi connectivity index (χ4v) is 3.04. The number of halogens is 1. The minimum atomic E-state index is -0.115. The first kappa shape index (κ1) is 15.4. The van der Waals surface area contributed by atoms with Gasteiger partial charge in [0.05, 0.1) is 10.6 Å². The van der Waals surface area contributed by atoms with Crippen LogP contribution < -0.4 is 5.73 Å². The van der Waals surface area contributed by atoms with E-state index in [2.05, 4.69) is 22.9 Å². The van der Waals surface area contributed by atoms with Crippen LogP contribution >= 0.6 is 28.1 Å². The molecule has 1 amide bonds. The standard InChI is InChI=1S/C15H19BrN2OS/c1-10-3-4-12(16)11(9-10)13(19)18-7-5-15(2,6-8-18)14(17)20/h3-4,9H,5-8H2,1-2H3,(H2,17,20). The first-order valence-electron chi connectivity index (χ1n) is 6.69. The molecule has 0 bridgehead atoms. The maximum absolute atomic E-state index is 12.6. The van der Waals surface area contributed by atoms with Gasteiger partial charge in [0.1, 0.15) is 0 Å². The van der Waals surface area contributed by atoms with E-state index in [-0.39, 0.29) is 11.3 Å². The lowest BCUT2D eigenvalue weighted by atomic mass is 9.80. The maximum atomic E-state index is 12.6. The number of piperidine rings is 1. The van der Waals surface area contributed by atoms with Crippen LogP contribution in [0.5, 0.6) is 0 Å². The number of carbonyl (C=O) groups is 1. The number of thiocarbonyl (C=S) groups is 1. The lowest BCUT2D eigenvalue weighted by molar-refractivity contribution is 0.0669. The number of hydrogen-bond acceptors (Lipinski definition) is 2. The van der Waals surface area contributed by atoms with E-state index in [1.807, 2.05) is 30.0 Å². The summed E-state index contributed by atoms with van der Waals surface area (Å²) >= 11 is 8.59. The van der Waals surface area contributed by atoms with Crippen LogP contribution in [0, 0.1) is 12.3 Å². The number of nitrogens with two attached hydrogens (primary N) is 1. The van der Waals surface area contributed by atoms with Crippen molar-refractivity contribution in [1.29, 1.82) is 0 Å². The number of aryl methyl sites for hydroxylation is 1. The summed E-state index contributed by atoms with van der Waals surface area (Å²) in [6.07, 6.45) is 1.66. The molecule has 3 nitrogen and oxygen atoms in total. The summed E-state index contributed by atoms with van der Waals surface area (Å²) in [5, 5.41) is 0. The van der Waals surface area contributed by atoms with Crippen molar-refractivity contribution in [3.63, 3.8) is 0 Å². The van der Waals surface area contributed by atoms with Gasteiger partial charge >= 0.3 is 0 Å². The lowest BCUT2D eigenvalue weighted by Crippen LogP contribution is -2.46. The van der Waals surface area contributed by atoms with Crippen LogP contribution in [-0.4, -0.2) is 28.9 Å². The molecule has 0 unspecified atom stereocenters. The van der Waals surface area contributed by atoms with Gasteiger partial charge in [-0.2, -0.15) is 0 Å². The van der Waals surface area contributed by atoms with Gasteiger partial charge in [0.15, 0.2) is 0 Å². The Balaban J connectivity index is 2.13. The smallest absolute Gasteiger partial charge is 0.255 e. The number of likely N-dealkylation sites (tertiary alicyclic amines) is 1. The van der Waals surface area contributed by atoms with Crippen LogP contribution in [0.3, 0.4) is 0 Å². The van der Waals surface area contributed by atoms with Crippen molar-refractivity contribution in [3.05, 3.63) is 33.8 Å². The molecule has 1 aromatic rings. The van der Waals surface area contributed by atoms with Gasteiger partial charge in [-0.1, -0.05) is 30.8 Å². The van der Waals surface area contributed by atoms with Gasteiger partial charge in [-0.3, -0.25) is 4.79 Å². The molecular weight excluding hydrogens is 336 g/mol. The lowest BCUT2D eigenvalue weighted by Gasteiger charge is -2.38. The molecule has 5 heteroatoms. The van der Waals surface area contributed by atoms with Crippen LogP contribution in [0.1, 0.15) is 35.7 Å². The van der Waals surface area contributed by atoms with Crippen LogP contribution in [0.25, 0.3) is 0 Å². The fourth-order valence-electron chi connectivity index (χ4n) is 2.42. The van der Waals surface area contributed by atoms with Gasteiger partial charge < -0.3 is 10.6 Å². The molecule has 1 saturated heterocycles. The molecule has 0 radical (unpaired) electrons. The fraction of sp³-hybridized carbons (Fsp3) is 0.467. The second-order valence-electron chi connectivity index (χ2n) is 5.70. The summed E-state index contributed by atoms with van der Waals surface area (Å²) in [5.74, 6) is 0.0746. The molecule has 0 atom stereocenters. The second-order valence-corrected chi connectivity index (χ2v) is 6.99. The van der Waals surface area contributed by atoms with Crippen LogP contribution in [-0.2, 0) is 0 Å². The van der Waals surface area contributed by atoms with E-state index in [4.69, 9.17) is 18.0 Å². The Labute approximate surface area is 133 Å². The monoisotopic (exact) mass is 354 g/mol. The molecule has 0 aliphatic carbocycles. The number of nitrogens with zero attached hydrogens (tertiary/aromatic N) is 1. The minimum Gasteiger partial charge on any atom is -0.393 e. The zero-order valence-electron chi connectivity index (χ0n) is 11.8. The number of rotatable bonds is 2. The SMILES string of the molecule is Cc1ccc(Br)c(C(=O)N2CCC(C)(C(N)=S)CC2)c1. The summed E-state index contributed by atoms with van der Waals surface area (Å²) in [5.41, 5.74) is 7.49. The van der Waals surface area contributed by atoms with Crippen LogP contribution in [0.2, 0.25) is 0 Å². The van der Waals surface area contributed by atoms with Crippen molar-refractivity contribution in [2.45, 2.75) is 26.7 Å². The molecule has 0 aromatic heterocycles. The van der Waals surface area contributed by atoms with E-state index in [0.29, 0.717) is 18.1 Å². The maximum Gasteiger partial charge on any atom is 0.255 e. The highest BCUT2D eigenvalue weighted by Gasteiger charge is 2.34. The Bertz CT molecular complexity index is 551. The molecule has 108 valence electrons. The average Bonchev–Trinajstić information content (AvgIpc) is 2.41. The highest BCUT2D eigenvalue weighted by molar-refractivity contribution is 9.10. The van der Waals surface area contributed by atoms with E-state index < -0.39 is 0 Å². The molecule has 2 rings (SSSR count). The zero-order valence-corrected chi connectivity index (χ0v) is 14.2. The van der Waals surface area contributed by atoms with Crippen LogP contribution in [0.4, 0.5) is 0 Å². The molecule has 1 aliphatic rings. The molecule has 1 aliphatic heterocycles. The molecule has 20 heavy (non-hydrogen) atoms. The zero-order chi connectivity index (χ0) is 14.9. The largest absolute Gasteiger partial charge is 0.393 e. The molecular formula is C15H19BrN2OS. The third-order valence-corrected chi connectivity index (χ3v) is 5.29. The highest BCUT2D eigenvalue weighted by atomic mass is 79.9. The third-order valence-electron chi connectivity index (χ3n) is 4.10. The van der Waals surface area contributed by atoms with Crippen molar-refractivity contribution < 1.29 is 4.79 Å². The first-order chi connectivity index (χ1) is 9.33. The summed E-state index contributed by atoms with van der Waals surface area (Å²) in [6, 6.07) is 5.83. The normalized spacial score (nSPS) is 17.9. The van der Waals surface area contributed by atoms with Gasteiger partial charge in [-0.05, 0) is 47.8 Å². The average molecular weight is 355 g/mol. The van der Waals surface area contributed by atoms with Crippen molar-refractivity contribution >= 4 is 39.0 Å². The molecule has 1 fully saturated rings. The van der Waals surface area contributed by atoms with Gasteiger partial charge in [-0.25, -0.2) is 0 Å². The van der Waals surface area contributed by atoms with Gasteiger partial charge in [0, 0.05) is 23.0 Å². The van der Waals surface area contributed by atoms with E-state index in [0.717, 1.165) is 28.4 Å². The van der Waals surface area contributed by atoms with Crippen molar-refractivity contribution in [2.24, 2.45) is 11.1 Å². The van der Waals surface area contributed by atoms with E-state index in [9.17, 15) is 4.79 Å². The third kappa shape index (κ3) is 3.04. The van der Waals surface area contributed by atoms with Crippen molar-refractivity contribution in [2.75, 3.05) is 13.1 Å². The van der Waals surface area contributed by atoms with E-state index in [1.54, 1.807) is 0 Å². The Morgan fingerprint density at radius 1 is 1.40 bits per heavy atom. The molecule has 1 aromatic carbocycles. The van der Waals surface area contributed by atoms with E-state index >= 15 is 0 Å². The second kappa shape index (κ2) is 5.82. The summed E-state index contributed by atoms with van der Waals surface area (Å²) in [7, 11) is 0. The quantitative estimate of drug-likeness (QED) is 0.828. The van der Waals surface area contributed by atoms with Crippen LogP contribution in [0.15, 0.2) is 22.7 Å². The molecule has 1 heterocycles. The highest BCUT2D eigenvalue weighted by Crippen LogP contribution is 2.32. The summed E-state index contributed by atoms with van der Waals surface area (Å²) in [6.45, 7) is 5.48. The molecule has 0 spiro atoms. The topological polar surface area (TPSA) is 46.3 Å². The number of amides is 1. The molecule has 0 saturated carbocycles. The Morgan fingerprint density at radius 2 is 2.00 bits per heavy atom. The molecule has 2 N–H and O–H groups in total. The summed E-state index contributed by atoms with van der Waals surface area (Å²) < 4.78 is 0.843. The van der Waals surface area contributed by atoms with Crippen molar-refractivity contribution in [3.8, 4) is 0 Å². The number of carbonyl (C=O) groups excluding carboxylic acids is 1. The van der Waals surface area contributed by atoms with Gasteiger partial charge in [-0.15, -0.1) is 0 Å². The number of benzene rings is 1. The Morgan fingerprint density at radius 3 is 2.55 bits per heavy atom. The Hall–Kier alpha value is -0.940. The van der Waals surface area contributed by atoms with Gasteiger partial charge in [0.2, 0.25) is 0 Å². The van der Waals surface area contributed by atoms with Gasteiger partial charge in [0.25, 0.3) is 5.91 Å². The first-order valence-corrected chi connectivity index (χ1v) is 7.89. The van der Waals surface area contributed by atoms with E-state index in [1.165, 1.54) is 0 Å². The predicted octanol–water partition coefficient (Wildman–Crippen LogP) is 3.29. The summed E-state index contributed by atoms with van der Waals surface area (Å²) in [4.78, 5) is 15.0. The van der Waals surface area contributed by atoms with Crippen molar-refractivity contribution in [1.82, 2.24) is 4.90 Å².